The van der Waals surface area contributed by atoms with E-state index < -0.39 is 6.36 Å². The van der Waals surface area contributed by atoms with Crippen molar-refractivity contribution in [2.24, 2.45) is 0 Å². The van der Waals surface area contributed by atoms with E-state index in [4.69, 9.17) is 5.26 Å². The maximum Gasteiger partial charge on any atom is 0.573 e. The van der Waals surface area contributed by atoms with Crippen LogP contribution in [0, 0.1) is 11.3 Å². The van der Waals surface area contributed by atoms with E-state index in [1.165, 1.54) is 18.2 Å². The number of alkyl halides is 3. The summed E-state index contributed by atoms with van der Waals surface area (Å²) in [5.41, 5.74) is 0.843. The summed E-state index contributed by atoms with van der Waals surface area (Å²) in [6.45, 7) is 0. The molecule has 0 aliphatic heterocycles. The van der Waals surface area contributed by atoms with E-state index in [0.29, 0.717) is 10.0 Å². The summed E-state index contributed by atoms with van der Waals surface area (Å²) < 4.78 is 41.7. The molecule has 0 N–H and O–H groups in total. The van der Waals surface area contributed by atoms with Gasteiger partial charge >= 0.3 is 6.36 Å². The highest BCUT2D eigenvalue weighted by atomic mass is 79.9. The molecule has 0 amide bonds. The smallest absolute Gasteiger partial charge is 0.405 e. The lowest BCUT2D eigenvalue weighted by Gasteiger charge is -2.14. The number of para-hydroxylation sites is 1. The molecule has 0 unspecified atom stereocenters. The molecule has 20 heavy (non-hydrogen) atoms. The van der Waals surface area contributed by atoms with Crippen molar-refractivity contribution < 1.29 is 17.9 Å². The number of hydrogen-bond acceptors (Lipinski definition) is 2. The van der Waals surface area contributed by atoms with Crippen molar-refractivity contribution in [1.29, 1.82) is 5.26 Å². The van der Waals surface area contributed by atoms with Crippen LogP contribution in [0.1, 0.15) is 5.56 Å². The number of benzene rings is 2. The van der Waals surface area contributed by atoms with Gasteiger partial charge in [-0.1, -0.05) is 30.3 Å². The highest BCUT2D eigenvalue weighted by Crippen LogP contribution is 2.37. The molecule has 0 atom stereocenters. The van der Waals surface area contributed by atoms with Crippen LogP contribution in [-0.2, 0) is 0 Å². The van der Waals surface area contributed by atoms with Crippen molar-refractivity contribution in [1.82, 2.24) is 0 Å². The van der Waals surface area contributed by atoms with Crippen molar-refractivity contribution in [2.45, 2.75) is 6.36 Å². The van der Waals surface area contributed by atoms with Crippen molar-refractivity contribution in [2.75, 3.05) is 0 Å². The molecule has 0 saturated carbocycles. The van der Waals surface area contributed by atoms with Crippen LogP contribution in [0.25, 0.3) is 11.1 Å². The van der Waals surface area contributed by atoms with E-state index in [2.05, 4.69) is 20.7 Å². The number of nitrogens with zero attached hydrogens (tertiary/aromatic N) is 1. The second-order valence-corrected chi connectivity index (χ2v) is 4.67. The summed E-state index contributed by atoms with van der Waals surface area (Å²) in [6.07, 6.45) is -4.78. The minimum Gasteiger partial charge on any atom is -0.405 e. The molecule has 0 aliphatic carbocycles. The summed E-state index contributed by atoms with van der Waals surface area (Å²) in [5, 5.41) is 9.14. The van der Waals surface area contributed by atoms with Gasteiger partial charge in [-0.2, -0.15) is 5.26 Å². The Morgan fingerprint density at radius 2 is 1.65 bits per heavy atom. The zero-order valence-corrected chi connectivity index (χ0v) is 11.5. The van der Waals surface area contributed by atoms with Gasteiger partial charge in [0.15, 0.2) is 0 Å². The summed E-state index contributed by atoms with van der Waals surface area (Å²) in [4.78, 5) is 0. The Kier molecular flexibility index (Phi) is 4.00. The fourth-order valence-electron chi connectivity index (χ4n) is 1.77. The Morgan fingerprint density at radius 1 is 1.00 bits per heavy atom. The van der Waals surface area contributed by atoms with E-state index in [9.17, 15) is 13.2 Å². The Hall–Kier alpha value is -2.00. The first-order chi connectivity index (χ1) is 9.42. The minimum atomic E-state index is -4.78. The molecule has 0 radical (unpaired) electrons. The van der Waals surface area contributed by atoms with Crippen LogP contribution in [0.5, 0.6) is 5.75 Å². The van der Waals surface area contributed by atoms with Gasteiger partial charge in [0.1, 0.15) is 11.8 Å². The Bertz CT molecular complexity index is 677. The zero-order chi connectivity index (χ0) is 14.8. The molecule has 6 heteroatoms. The topological polar surface area (TPSA) is 33.0 Å². The van der Waals surface area contributed by atoms with Crippen LogP contribution in [-0.4, -0.2) is 6.36 Å². The van der Waals surface area contributed by atoms with Crippen LogP contribution in [0.15, 0.2) is 46.9 Å². The molecule has 2 rings (SSSR count). The molecule has 0 aliphatic rings. The van der Waals surface area contributed by atoms with E-state index in [1.807, 2.05) is 6.07 Å². The molecule has 0 saturated heterocycles. The average molecular weight is 342 g/mol. The molecule has 0 spiro atoms. The van der Waals surface area contributed by atoms with Gasteiger partial charge in [0, 0.05) is 15.6 Å². The Balaban J connectivity index is 2.60. The van der Waals surface area contributed by atoms with Gasteiger partial charge in [0.2, 0.25) is 0 Å². The first kappa shape index (κ1) is 14.4. The SMILES string of the molecule is N#Cc1c(Br)cccc1-c1ccccc1OC(F)(F)F. The van der Waals surface area contributed by atoms with Gasteiger partial charge in [-0.15, -0.1) is 13.2 Å². The van der Waals surface area contributed by atoms with E-state index in [1.54, 1.807) is 24.3 Å². The highest BCUT2D eigenvalue weighted by molar-refractivity contribution is 9.10. The van der Waals surface area contributed by atoms with Crippen LogP contribution in [0.4, 0.5) is 13.2 Å². The van der Waals surface area contributed by atoms with Gasteiger partial charge in [0.25, 0.3) is 0 Å². The third-order valence-corrected chi connectivity index (χ3v) is 3.19. The largest absolute Gasteiger partial charge is 0.573 e. The number of hydrogen-bond donors (Lipinski definition) is 0. The first-order valence-electron chi connectivity index (χ1n) is 5.46. The van der Waals surface area contributed by atoms with Crippen molar-refractivity contribution in [3.63, 3.8) is 0 Å². The molecule has 2 aromatic rings. The van der Waals surface area contributed by atoms with E-state index in [-0.39, 0.29) is 16.9 Å². The van der Waals surface area contributed by atoms with Crippen LogP contribution in [0.3, 0.4) is 0 Å². The number of halogens is 4. The van der Waals surface area contributed by atoms with Crippen molar-refractivity contribution in [3.8, 4) is 22.9 Å². The average Bonchev–Trinajstić information content (AvgIpc) is 2.37. The normalized spacial score (nSPS) is 10.9. The fraction of sp³-hybridized carbons (Fsp3) is 0.0714. The highest BCUT2D eigenvalue weighted by Gasteiger charge is 2.32. The molecule has 0 bridgehead atoms. The lowest BCUT2D eigenvalue weighted by atomic mass is 9.99. The van der Waals surface area contributed by atoms with Gasteiger partial charge in [-0.25, -0.2) is 0 Å². The maximum atomic E-state index is 12.4. The maximum absolute atomic E-state index is 12.4. The quantitative estimate of drug-likeness (QED) is 0.779. The third kappa shape index (κ3) is 3.11. The van der Waals surface area contributed by atoms with Crippen molar-refractivity contribution >= 4 is 15.9 Å². The number of rotatable bonds is 2. The number of nitriles is 1. The van der Waals surface area contributed by atoms with Gasteiger partial charge in [-0.05, 0) is 28.1 Å². The monoisotopic (exact) mass is 341 g/mol. The molecule has 102 valence electrons. The second kappa shape index (κ2) is 5.55. The predicted octanol–water partition coefficient (Wildman–Crippen LogP) is 4.89. The fourth-order valence-corrected chi connectivity index (χ4v) is 2.22. The molecule has 2 aromatic carbocycles. The molecule has 0 heterocycles. The standard InChI is InChI=1S/C14H7BrF3NO/c15-12-6-3-5-9(11(12)8-19)10-4-1-2-7-13(10)20-14(16,17)18/h1-7H. The zero-order valence-electron chi connectivity index (χ0n) is 9.91. The third-order valence-electron chi connectivity index (χ3n) is 2.53. The molecule has 0 aromatic heterocycles. The lowest BCUT2D eigenvalue weighted by Crippen LogP contribution is -2.17. The lowest BCUT2D eigenvalue weighted by molar-refractivity contribution is -0.274. The van der Waals surface area contributed by atoms with Crippen LogP contribution in [0.2, 0.25) is 0 Å². The summed E-state index contributed by atoms with van der Waals surface area (Å²) >= 11 is 3.21. The van der Waals surface area contributed by atoms with E-state index >= 15 is 0 Å². The number of ether oxygens (including phenoxy) is 1. The van der Waals surface area contributed by atoms with Crippen molar-refractivity contribution in [3.05, 3.63) is 52.5 Å². The van der Waals surface area contributed by atoms with E-state index in [0.717, 1.165) is 0 Å². The summed E-state index contributed by atoms with van der Waals surface area (Å²) in [5.74, 6) is -0.338. The molecule has 0 fully saturated rings. The van der Waals surface area contributed by atoms with Gasteiger partial charge in [-0.3, -0.25) is 0 Å². The molecule has 2 nitrogen and oxygen atoms in total. The van der Waals surface area contributed by atoms with Crippen LogP contribution >= 0.6 is 15.9 Å². The summed E-state index contributed by atoms with van der Waals surface area (Å²) in [6, 6.07) is 12.5. The first-order valence-corrected chi connectivity index (χ1v) is 6.25. The van der Waals surface area contributed by atoms with Gasteiger partial charge < -0.3 is 4.74 Å². The molecular weight excluding hydrogens is 335 g/mol. The van der Waals surface area contributed by atoms with Gasteiger partial charge in [0.05, 0.1) is 5.56 Å². The minimum absolute atomic E-state index is 0.211. The predicted molar refractivity (Wildman–Crippen MR) is 71.0 cm³/mol. The van der Waals surface area contributed by atoms with Crippen LogP contribution < -0.4 is 4.74 Å². The Morgan fingerprint density at radius 3 is 2.30 bits per heavy atom. The summed E-state index contributed by atoms with van der Waals surface area (Å²) in [7, 11) is 0. The second-order valence-electron chi connectivity index (χ2n) is 3.82. The Labute approximate surface area is 121 Å². The molecular formula is C14H7BrF3NO.